The number of thiazole rings is 1. The molecule has 0 unspecified atom stereocenters. The minimum atomic E-state index is -0.316. The molecule has 0 amide bonds. The summed E-state index contributed by atoms with van der Waals surface area (Å²) in [5.74, 6) is 0. The van der Waals surface area contributed by atoms with Gasteiger partial charge in [-0.05, 0) is 23.3 Å². The lowest BCUT2D eigenvalue weighted by molar-refractivity contribution is 0.795. The summed E-state index contributed by atoms with van der Waals surface area (Å²) in [6.45, 7) is 0. The predicted octanol–water partition coefficient (Wildman–Crippen LogP) is 4.47. The fourth-order valence-electron chi connectivity index (χ4n) is 3.30. The Morgan fingerprint density at radius 2 is 1.34 bits per heavy atom. The molecule has 5 aromatic rings. The molecule has 6 heteroatoms. The normalized spacial score (nSPS) is 11.0. The second kappa shape index (κ2) is 7.00. The lowest BCUT2D eigenvalue weighted by atomic mass is 10.0. The van der Waals surface area contributed by atoms with Crippen LogP contribution in [0.4, 0.5) is 0 Å². The van der Waals surface area contributed by atoms with Gasteiger partial charge in [-0.25, -0.2) is 4.98 Å². The number of nitrogens with one attached hydrogen (secondary N) is 1. The first kappa shape index (κ1) is 17.3. The molecule has 0 aliphatic heterocycles. The van der Waals surface area contributed by atoms with Gasteiger partial charge in [0.2, 0.25) is 5.13 Å². The minimum absolute atomic E-state index is 0.291. The molecule has 0 fully saturated rings. The van der Waals surface area contributed by atoms with Crippen molar-refractivity contribution in [2.24, 2.45) is 0 Å². The van der Waals surface area contributed by atoms with Crippen LogP contribution in [0.25, 0.3) is 38.3 Å². The van der Waals surface area contributed by atoms with Crippen LogP contribution in [-0.2, 0) is 0 Å². The Morgan fingerprint density at radius 1 is 0.724 bits per heavy atom. The third-order valence-corrected chi connectivity index (χ3v) is 5.62. The van der Waals surface area contributed by atoms with Gasteiger partial charge in [0.1, 0.15) is 0 Å². The fraction of sp³-hybridized carbons (Fsp3) is 0. The summed E-state index contributed by atoms with van der Waals surface area (Å²) >= 11 is 1.31. The lowest BCUT2D eigenvalue weighted by Gasteiger charge is -2.04. The fourth-order valence-corrected chi connectivity index (χ4v) is 4.09. The highest BCUT2D eigenvalue weighted by Crippen LogP contribution is 2.26. The van der Waals surface area contributed by atoms with Crippen molar-refractivity contribution < 1.29 is 0 Å². The maximum atomic E-state index is 12.8. The number of fused-ring (bicyclic) bond motifs is 1. The summed E-state index contributed by atoms with van der Waals surface area (Å²) in [7, 11) is 0. The van der Waals surface area contributed by atoms with Crippen molar-refractivity contribution in [1.82, 2.24) is 14.8 Å². The summed E-state index contributed by atoms with van der Waals surface area (Å²) in [5, 5.41) is 5.69. The van der Waals surface area contributed by atoms with Gasteiger partial charge in [-0.1, -0.05) is 66.7 Å². The smallest absolute Gasteiger partial charge is 0.267 e. The second-order valence-corrected chi connectivity index (χ2v) is 7.42. The van der Waals surface area contributed by atoms with Crippen molar-refractivity contribution in [3.8, 4) is 27.5 Å². The second-order valence-electron chi connectivity index (χ2n) is 6.59. The molecule has 5 rings (SSSR count). The summed E-state index contributed by atoms with van der Waals surface area (Å²) in [4.78, 5) is 29.7. The molecule has 140 valence electrons. The molecule has 5 nitrogen and oxygen atoms in total. The van der Waals surface area contributed by atoms with E-state index in [1.54, 1.807) is 24.3 Å². The van der Waals surface area contributed by atoms with Crippen molar-refractivity contribution in [1.29, 1.82) is 0 Å². The van der Waals surface area contributed by atoms with Crippen molar-refractivity contribution in [3.63, 3.8) is 0 Å². The monoisotopic (exact) mass is 397 g/mol. The Labute approximate surface area is 169 Å². The molecule has 2 heterocycles. The number of rotatable bonds is 3. The van der Waals surface area contributed by atoms with Crippen molar-refractivity contribution in [3.05, 3.63) is 105 Å². The van der Waals surface area contributed by atoms with Crippen LogP contribution in [0.5, 0.6) is 0 Å². The molecule has 0 aliphatic rings. The Bertz CT molecular complexity index is 1430. The molecular weight excluding hydrogens is 382 g/mol. The molecule has 3 aromatic carbocycles. The number of nitrogens with zero attached hydrogens (tertiary/aromatic N) is 2. The van der Waals surface area contributed by atoms with E-state index in [2.05, 4.69) is 22.2 Å². The number of hydrogen-bond donors (Lipinski definition) is 1. The van der Waals surface area contributed by atoms with Gasteiger partial charge < -0.3 is 0 Å². The van der Waals surface area contributed by atoms with Gasteiger partial charge in [-0.15, -0.1) is 11.3 Å². The van der Waals surface area contributed by atoms with Gasteiger partial charge >= 0.3 is 0 Å². The molecule has 0 radical (unpaired) electrons. The van der Waals surface area contributed by atoms with Crippen LogP contribution in [0.2, 0.25) is 0 Å². The average molecular weight is 397 g/mol. The topological polar surface area (TPSA) is 67.8 Å². The molecule has 0 saturated heterocycles. The minimum Gasteiger partial charge on any atom is -0.267 e. The van der Waals surface area contributed by atoms with E-state index in [1.807, 2.05) is 47.8 Å². The maximum absolute atomic E-state index is 12.8. The average Bonchev–Trinajstić information content (AvgIpc) is 3.27. The van der Waals surface area contributed by atoms with E-state index in [-0.39, 0.29) is 11.1 Å². The van der Waals surface area contributed by atoms with Crippen LogP contribution in [0.1, 0.15) is 0 Å². The van der Waals surface area contributed by atoms with E-state index in [4.69, 9.17) is 0 Å². The zero-order valence-electron chi connectivity index (χ0n) is 15.2. The number of benzene rings is 3. The number of aromatic nitrogens is 3. The first-order chi connectivity index (χ1) is 14.2. The Balaban J connectivity index is 1.53. The highest BCUT2D eigenvalue weighted by molar-refractivity contribution is 7.12. The molecule has 1 N–H and O–H groups in total. The van der Waals surface area contributed by atoms with Crippen molar-refractivity contribution >= 4 is 22.1 Å². The van der Waals surface area contributed by atoms with Crippen LogP contribution in [-0.4, -0.2) is 14.8 Å². The highest BCUT2D eigenvalue weighted by atomic mass is 32.1. The SMILES string of the molecule is O=c1[nH]n(-c2nc(-c3ccc(-c4ccccc4)cc3)cs2)c(=O)c2ccccc12. The van der Waals surface area contributed by atoms with Gasteiger partial charge in [0.05, 0.1) is 16.5 Å². The number of hydrogen-bond acceptors (Lipinski definition) is 4. The van der Waals surface area contributed by atoms with Crippen LogP contribution in [0.3, 0.4) is 0 Å². The van der Waals surface area contributed by atoms with Gasteiger partial charge in [-0.3, -0.25) is 14.7 Å². The summed E-state index contributed by atoms with van der Waals surface area (Å²) in [6.07, 6.45) is 0. The van der Waals surface area contributed by atoms with E-state index in [0.29, 0.717) is 15.9 Å². The van der Waals surface area contributed by atoms with Gasteiger partial charge in [0.25, 0.3) is 11.1 Å². The van der Waals surface area contributed by atoms with Crippen LogP contribution >= 0.6 is 11.3 Å². The van der Waals surface area contributed by atoms with Gasteiger partial charge in [-0.2, -0.15) is 4.68 Å². The third kappa shape index (κ3) is 3.09. The molecule has 0 spiro atoms. The Morgan fingerprint density at radius 3 is 2.10 bits per heavy atom. The highest BCUT2D eigenvalue weighted by Gasteiger charge is 2.12. The molecule has 0 saturated carbocycles. The summed E-state index contributed by atoms with van der Waals surface area (Å²) in [5.41, 5.74) is 3.37. The van der Waals surface area contributed by atoms with E-state index < -0.39 is 0 Å². The zero-order valence-corrected chi connectivity index (χ0v) is 16.0. The first-order valence-electron chi connectivity index (χ1n) is 9.06. The van der Waals surface area contributed by atoms with Gasteiger partial charge in [0, 0.05) is 10.9 Å². The lowest BCUT2D eigenvalue weighted by Crippen LogP contribution is -2.28. The van der Waals surface area contributed by atoms with E-state index in [1.165, 1.54) is 16.0 Å². The molecule has 0 atom stereocenters. The standard InChI is InChI=1S/C23H15N3O2S/c27-21-18-8-4-5-9-19(18)22(28)26(25-21)23-24-20(14-29-23)17-12-10-16(11-13-17)15-6-2-1-3-7-15/h1-14H,(H,25,27). The molecule has 0 aliphatic carbocycles. The maximum Gasteiger partial charge on any atom is 0.279 e. The van der Waals surface area contributed by atoms with E-state index in [9.17, 15) is 9.59 Å². The van der Waals surface area contributed by atoms with E-state index in [0.717, 1.165) is 22.4 Å². The molecule has 29 heavy (non-hydrogen) atoms. The van der Waals surface area contributed by atoms with Crippen molar-refractivity contribution in [2.75, 3.05) is 0 Å². The molecule has 2 aromatic heterocycles. The summed E-state index contributed by atoms with van der Waals surface area (Å²) in [6, 6.07) is 25.0. The van der Waals surface area contributed by atoms with E-state index >= 15 is 0 Å². The first-order valence-corrected chi connectivity index (χ1v) is 9.94. The summed E-state index contributed by atoms with van der Waals surface area (Å²) < 4.78 is 1.22. The Kier molecular flexibility index (Phi) is 4.18. The molecular formula is C23H15N3O2S. The third-order valence-electron chi connectivity index (χ3n) is 4.79. The molecule has 0 bridgehead atoms. The Hall–Kier alpha value is -3.77. The quantitative estimate of drug-likeness (QED) is 0.488. The van der Waals surface area contributed by atoms with Crippen LogP contribution < -0.4 is 11.1 Å². The number of aromatic amines is 1. The van der Waals surface area contributed by atoms with Crippen LogP contribution in [0, 0.1) is 0 Å². The largest absolute Gasteiger partial charge is 0.279 e. The zero-order chi connectivity index (χ0) is 19.8. The number of H-pyrrole nitrogens is 1. The van der Waals surface area contributed by atoms with Gasteiger partial charge in [0.15, 0.2) is 0 Å². The predicted molar refractivity (Wildman–Crippen MR) is 117 cm³/mol. The van der Waals surface area contributed by atoms with Crippen LogP contribution in [0.15, 0.2) is 93.8 Å². The van der Waals surface area contributed by atoms with Crippen molar-refractivity contribution in [2.45, 2.75) is 0 Å².